The number of amides is 6. The molecule has 0 saturated carbocycles. The van der Waals surface area contributed by atoms with Crippen molar-refractivity contribution in [3.05, 3.63) is 89.7 Å². The van der Waals surface area contributed by atoms with Gasteiger partial charge in [-0.3, -0.25) is 19.2 Å². The number of anilines is 3. The molecule has 0 bridgehead atoms. The van der Waals surface area contributed by atoms with Gasteiger partial charge in [-0.2, -0.15) is 0 Å². The highest BCUT2D eigenvalue weighted by Gasteiger charge is 2.44. The third kappa shape index (κ3) is 10.8. The first-order chi connectivity index (χ1) is 30.3. The highest BCUT2D eigenvalue weighted by atomic mass is 19.1. The number of ether oxygens (including phenoxy) is 2. The van der Waals surface area contributed by atoms with Crippen molar-refractivity contribution in [2.24, 2.45) is 10.8 Å². The highest BCUT2D eigenvalue weighted by Crippen LogP contribution is 2.47. The number of hydrogen-bond donors (Lipinski definition) is 4. The lowest BCUT2D eigenvalue weighted by atomic mass is 9.85. The summed E-state index contributed by atoms with van der Waals surface area (Å²) in [5.41, 5.74) is 2.53. The normalized spacial score (nSPS) is 20.9. The van der Waals surface area contributed by atoms with Gasteiger partial charge in [0.25, 0.3) is 0 Å². The van der Waals surface area contributed by atoms with E-state index in [9.17, 15) is 33.2 Å². The quantitative estimate of drug-likeness (QED) is 0.154. The zero-order chi connectivity index (χ0) is 46.5. The first kappa shape index (κ1) is 47.3. The predicted octanol–water partition coefficient (Wildman–Crippen LogP) is 7.31. The SMILES string of the molecule is COC(=O)N[C@H](C(=O)N1CCC[C@H]1C(=O)Nc1ccc([C@H]2CC[C@H](c3ccc(NC(=O)[C@@H]4CCCN4C(=O)[C@@H](NC(=O)OC)C(C)(C)C)cc3)N2c2cccc(F)c2)cc1)C(C)(C)C. The molecule has 3 aromatic carbocycles. The van der Waals surface area contributed by atoms with Crippen molar-refractivity contribution in [2.45, 2.75) is 116 Å². The predicted molar refractivity (Wildman–Crippen MR) is 241 cm³/mol. The van der Waals surface area contributed by atoms with Gasteiger partial charge in [-0.1, -0.05) is 71.9 Å². The lowest BCUT2D eigenvalue weighted by Gasteiger charge is -2.35. The molecule has 3 aliphatic heterocycles. The zero-order valence-electron chi connectivity index (χ0n) is 38.0. The molecule has 0 aromatic heterocycles. The minimum absolute atomic E-state index is 0.132. The monoisotopic (exact) mass is 883 g/mol. The molecule has 0 aliphatic carbocycles. The van der Waals surface area contributed by atoms with Crippen LogP contribution in [-0.2, 0) is 28.7 Å². The number of carbonyl (C=O) groups excluding carboxylic acids is 6. The van der Waals surface area contributed by atoms with Crippen molar-refractivity contribution >= 4 is 52.9 Å². The van der Waals surface area contributed by atoms with E-state index in [0.29, 0.717) is 55.8 Å². The summed E-state index contributed by atoms with van der Waals surface area (Å²) in [6.45, 7) is 11.8. The maximum absolute atomic E-state index is 14.8. The minimum Gasteiger partial charge on any atom is -0.453 e. The van der Waals surface area contributed by atoms with Crippen LogP contribution in [0.25, 0.3) is 0 Å². The van der Waals surface area contributed by atoms with Gasteiger partial charge in [0.2, 0.25) is 23.6 Å². The fourth-order valence-electron chi connectivity index (χ4n) is 9.08. The van der Waals surface area contributed by atoms with Crippen molar-refractivity contribution in [3.8, 4) is 0 Å². The van der Waals surface area contributed by atoms with Crippen LogP contribution in [0.1, 0.15) is 103 Å². The Labute approximate surface area is 374 Å². The van der Waals surface area contributed by atoms with Crippen LogP contribution in [0.15, 0.2) is 72.8 Å². The van der Waals surface area contributed by atoms with Crippen LogP contribution in [0, 0.1) is 16.6 Å². The topological polar surface area (TPSA) is 179 Å². The van der Waals surface area contributed by atoms with Gasteiger partial charge in [-0.05, 0) is 103 Å². The van der Waals surface area contributed by atoms with Crippen LogP contribution < -0.4 is 26.2 Å². The molecule has 3 fully saturated rings. The molecule has 64 heavy (non-hydrogen) atoms. The number of hydrogen-bond acceptors (Lipinski definition) is 9. The van der Waals surface area contributed by atoms with E-state index in [1.165, 1.54) is 36.2 Å². The van der Waals surface area contributed by atoms with Gasteiger partial charge < -0.3 is 45.4 Å². The van der Waals surface area contributed by atoms with E-state index in [0.717, 1.165) is 24.0 Å². The van der Waals surface area contributed by atoms with Gasteiger partial charge in [0, 0.05) is 30.2 Å². The van der Waals surface area contributed by atoms with E-state index in [-0.39, 0.29) is 41.5 Å². The average Bonchev–Trinajstić information content (AvgIpc) is 4.05. The number of carbonyl (C=O) groups is 6. The Bertz CT molecular complexity index is 2060. The molecular weight excluding hydrogens is 822 g/mol. The molecule has 344 valence electrons. The van der Waals surface area contributed by atoms with Gasteiger partial charge in [0.15, 0.2) is 0 Å². The number of halogens is 1. The summed E-state index contributed by atoms with van der Waals surface area (Å²) in [4.78, 5) is 84.3. The third-order valence-electron chi connectivity index (χ3n) is 12.4. The second kappa shape index (κ2) is 19.7. The van der Waals surface area contributed by atoms with Gasteiger partial charge in [-0.15, -0.1) is 0 Å². The molecule has 6 atom stereocenters. The van der Waals surface area contributed by atoms with Crippen molar-refractivity contribution in [2.75, 3.05) is 42.8 Å². The van der Waals surface area contributed by atoms with Crippen LogP contribution in [0.2, 0.25) is 0 Å². The molecule has 4 N–H and O–H groups in total. The number of likely N-dealkylation sites (tertiary alicyclic amines) is 2. The highest BCUT2D eigenvalue weighted by molar-refractivity contribution is 6.00. The fourth-order valence-corrected chi connectivity index (χ4v) is 9.08. The number of methoxy groups -OCH3 is 2. The number of alkyl carbamates (subject to hydrolysis) is 2. The minimum atomic E-state index is -0.888. The molecule has 3 aliphatic rings. The summed E-state index contributed by atoms with van der Waals surface area (Å²) < 4.78 is 24.3. The largest absolute Gasteiger partial charge is 0.453 e. The van der Waals surface area contributed by atoms with Gasteiger partial charge in [0.05, 0.1) is 26.3 Å². The molecule has 0 unspecified atom stereocenters. The second-order valence-corrected chi connectivity index (χ2v) is 19.0. The number of benzene rings is 3. The Morgan fingerprint density at radius 2 is 1.02 bits per heavy atom. The molecule has 3 aromatic rings. The maximum Gasteiger partial charge on any atom is 0.407 e. The Balaban J connectivity index is 1.14. The molecule has 3 saturated heterocycles. The standard InChI is InChI=1S/C48H62FN7O8/c1-47(2,3)39(52-45(61)63-7)43(59)54-26-10-14-37(54)41(57)50-32-20-16-29(17-21-32)35-24-25-36(56(35)34-13-9-12-31(49)28-34)30-18-22-33(23-19-30)51-42(58)38-15-11-27-55(38)44(60)40(48(4,5)6)53-46(62)64-8/h9,12-13,16-23,28,35-40H,10-11,14-15,24-27H2,1-8H3,(H,50,57)(H,51,58)(H,52,61)(H,53,62)/t35-,36-,37+,38+,39-,40-/m1/s1. The summed E-state index contributed by atoms with van der Waals surface area (Å²) in [7, 11) is 2.47. The Kier molecular flexibility index (Phi) is 14.5. The summed E-state index contributed by atoms with van der Waals surface area (Å²) >= 11 is 0. The molecule has 16 heteroatoms. The first-order valence-corrected chi connectivity index (χ1v) is 22.0. The van der Waals surface area contributed by atoms with E-state index in [1.54, 1.807) is 6.07 Å². The zero-order valence-corrected chi connectivity index (χ0v) is 38.0. The Morgan fingerprint density at radius 3 is 1.38 bits per heavy atom. The first-order valence-electron chi connectivity index (χ1n) is 22.0. The summed E-state index contributed by atoms with van der Waals surface area (Å²) in [6.07, 6.45) is 2.34. The van der Waals surface area contributed by atoms with Gasteiger partial charge >= 0.3 is 12.2 Å². The number of nitrogens with one attached hydrogen (secondary N) is 4. The van der Waals surface area contributed by atoms with E-state index < -0.39 is 47.2 Å². The smallest absolute Gasteiger partial charge is 0.407 e. The molecule has 0 spiro atoms. The lowest BCUT2D eigenvalue weighted by molar-refractivity contribution is -0.140. The van der Waals surface area contributed by atoms with Crippen LogP contribution in [0.5, 0.6) is 0 Å². The fraction of sp³-hybridized carbons (Fsp3) is 0.500. The molecule has 6 rings (SSSR count). The van der Waals surface area contributed by atoms with E-state index >= 15 is 0 Å². The van der Waals surface area contributed by atoms with Crippen molar-refractivity contribution in [1.82, 2.24) is 20.4 Å². The number of rotatable bonds is 11. The van der Waals surface area contributed by atoms with Crippen LogP contribution >= 0.6 is 0 Å². The molecule has 15 nitrogen and oxygen atoms in total. The van der Waals surface area contributed by atoms with Crippen LogP contribution in [0.4, 0.5) is 31.0 Å². The Hall–Kier alpha value is -6.19. The summed E-state index contributed by atoms with van der Waals surface area (Å²) in [5, 5.41) is 11.3. The average molecular weight is 884 g/mol. The van der Waals surface area contributed by atoms with Crippen LogP contribution in [0.3, 0.4) is 0 Å². The second-order valence-electron chi connectivity index (χ2n) is 19.0. The number of nitrogens with zero attached hydrogens (tertiary/aromatic N) is 3. The van der Waals surface area contributed by atoms with Crippen LogP contribution in [-0.4, -0.2) is 97.1 Å². The van der Waals surface area contributed by atoms with E-state index in [2.05, 4.69) is 26.2 Å². The van der Waals surface area contributed by atoms with E-state index in [4.69, 9.17) is 9.47 Å². The molecule has 3 heterocycles. The van der Waals surface area contributed by atoms with Crippen molar-refractivity contribution < 1.29 is 42.6 Å². The van der Waals surface area contributed by atoms with Gasteiger partial charge in [0.1, 0.15) is 30.0 Å². The van der Waals surface area contributed by atoms with E-state index in [1.807, 2.05) is 96.1 Å². The summed E-state index contributed by atoms with van der Waals surface area (Å²) in [5.74, 6) is -1.68. The Morgan fingerprint density at radius 1 is 0.609 bits per heavy atom. The summed E-state index contributed by atoms with van der Waals surface area (Å²) in [6, 6.07) is 18.2. The molecule has 6 amide bonds. The van der Waals surface area contributed by atoms with Crippen molar-refractivity contribution in [3.63, 3.8) is 0 Å². The maximum atomic E-state index is 14.8. The molecule has 0 radical (unpaired) electrons. The van der Waals surface area contributed by atoms with Gasteiger partial charge in [-0.25, -0.2) is 14.0 Å². The third-order valence-corrected chi connectivity index (χ3v) is 12.4. The molecular formula is C48H62FN7O8. The van der Waals surface area contributed by atoms with Crippen molar-refractivity contribution in [1.29, 1.82) is 0 Å². The lowest BCUT2D eigenvalue weighted by Crippen LogP contribution is -2.57.